The Morgan fingerprint density at radius 3 is 2.41 bits per heavy atom. The molecule has 0 aromatic carbocycles. The smallest absolute Gasteiger partial charge is 0.225 e. The maximum atomic E-state index is 9.23. The summed E-state index contributed by atoms with van der Waals surface area (Å²) in [6.45, 7) is 11.6. The van der Waals surface area contributed by atoms with Gasteiger partial charge in [0.05, 0.1) is 10.4 Å². The van der Waals surface area contributed by atoms with E-state index in [0.29, 0.717) is 0 Å². The largest absolute Gasteiger partial charge is 1.00 e. The van der Waals surface area contributed by atoms with Crippen LogP contribution in [0.25, 0.3) is 0 Å². The number of unbranched alkanes of at least 4 members (excludes halogenated alkanes) is 2. The summed E-state index contributed by atoms with van der Waals surface area (Å²) in [7, 11) is 0. The van der Waals surface area contributed by atoms with Crippen molar-refractivity contribution in [1.82, 2.24) is 9.97 Å². The van der Waals surface area contributed by atoms with Gasteiger partial charge < -0.3 is 22.4 Å². The van der Waals surface area contributed by atoms with Crippen molar-refractivity contribution < 1.29 is 22.1 Å². The molecule has 5 nitrogen and oxygen atoms in total. The number of aryl methyl sites for hydroxylation is 1. The molecule has 7 heteroatoms. The van der Waals surface area contributed by atoms with E-state index in [9.17, 15) is 5.11 Å². The fourth-order valence-corrected chi connectivity index (χ4v) is 4.01. The number of hydrogen-bond acceptors (Lipinski definition) is 5. The predicted molar refractivity (Wildman–Crippen MR) is 108 cm³/mol. The molecule has 0 bridgehead atoms. The van der Waals surface area contributed by atoms with Gasteiger partial charge in [-0.25, -0.2) is 9.97 Å². The van der Waals surface area contributed by atoms with Crippen LogP contribution < -0.4 is 21.9 Å². The fourth-order valence-electron chi connectivity index (χ4n) is 3.02. The number of nitrogens with zero attached hydrogens (tertiary/aromatic N) is 4. The van der Waals surface area contributed by atoms with Gasteiger partial charge >= 0.3 is 0 Å². The molecule has 0 aliphatic heterocycles. The molecule has 0 aliphatic carbocycles. The maximum Gasteiger partial charge on any atom is 0.225 e. The number of rotatable bonds is 11. The number of hydrogen-bond donors (Lipinski definition) is 1. The first-order chi connectivity index (χ1) is 12.6. The van der Waals surface area contributed by atoms with Crippen LogP contribution in [0.4, 0.5) is 5.82 Å². The van der Waals surface area contributed by atoms with Gasteiger partial charge in [-0.1, -0.05) is 38.0 Å². The van der Waals surface area contributed by atoms with Crippen LogP contribution in [0.1, 0.15) is 61.5 Å². The molecule has 0 spiro atoms. The Balaban J connectivity index is 0.00000364. The van der Waals surface area contributed by atoms with Gasteiger partial charge in [-0.3, -0.25) is 0 Å². The van der Waals surface area contributed by atoms with Gasteiger partial charge in [-0.2, -0.15) is 4.57 Å². The molecule has 27 heavy (non-hydrogen) atoms. The molecule has 2 aromatic rings. The average Bonchev–Trinajstić information content (AvgIpc) is 2.97. The molecule has 0 atom stereocenters. The normalized spacial score (nSPS) is 10.7. The van der Waals surface area contributed by atoms with E-state index >= 15 is 0 Å². The minimum atomic E-state index is 0. The standard InChI is InChI=1S/C20H33N4OS.ClH/c1-5-7-10-23(11-8-6-2)20-18(13-21-17(4)22-20)14-24-15-26-19(9-12-25)16(24)3;/h13,15,25H,5-12,14H2,1-4H3;1H/q+1;/p-1. The Kier molecular flexibility index (Phi) is 10.8. The SMILES string of the molecule is CCCCN(CCCC)c1nc(C)ncc1C[n+]1csc(CCO)c1C.[Cl-]. The van der Waals surface area contributed by atoms with Crippen molar-refractivity contribution in [2.45, 2.75) is 66.3 Å². The third-order valence-electron chi connectivity index (χ3n) is 4.66. The highest BCUT2D eigenvalue weighted by molar-refractivity contribution is 7.09. The molecule has 0 aliphatic rings. The van der Waals surface area contributed by atoms with E-state index in [4.69, 9.17) is 4.98 Å². The quantitative estimate of drug-likeness (QED) is 0.544. The Morgan fingerprint density at radius 2 is 1.81 bits per heavy atom. The van der Waals surface area contributed by atoms with Crippen molar-refractivity contribution in [3.8, 4) is 0 Å². The van der Waals surface area contributed by atoms with Crippen LogP contribution in [-0.4, -0.2) is 34.8 Å². The van der Waals surface area contributed by atoms with E-state index in [1.807, 2.05) is 13.1 Å². The summed E-state index contributed by atoms with van der Waals surface area (Å²) >= 11 is 1.71. The highest BCUT2D eigenvalue weighted by Gasteiger charge is 2.20. The monoisotopic (exact) mass is 412 g/mol. The van der Waals surface area contributed by atoms with E-state index in [1.165, 1.54) is 41.8 Å². The second-order valence-electron chi connectivity index (χ2n) is 6.79. The Hall–Kier alpha value is -1.24. The second-order valence-corrected chi connectivity index (χ2v) is 7.73. The van der Waals surface area contributed by atoms with Crippen molar-refractivity contribution in [2.75, 3.05) is 24.6 Å². The van der Waals surface area contributed by atoms with Crippen molar-refractivity contribution in [2.24, 2.45) is 0 Å². The van der Waals surface area contributed by atoms with E-state index in [-0.39, 0.29) is 19.0 Å². The number of halogens is 1. The van der Waals surface area contributed by atoms with Crippen LogP contribution in [-0.2, 0) is 13.0 Å². The molecule has 0 saturated heterocycles. The molecule has 0 saturated carbocycles. The number of anilines is 1. The summed E-state index contributed by atoms with van der Waals surface area (Å²) in [5, 5.41) is 9.23. The second kappa shape index (κ2) is 12.3. The third-order valence-corrected chi connectivity index (χ3v) is 5.80. The summed E-state index contributed by atoms with van der Waals surface area (Å²) in [5.74, 6) is 1.91. The lowest BCUT2D eigenvalue weighted by atomic mass is 10.2. The Bertz CT molecular complexity index is 685. The summed E-state index contributed by atoms with van der Waals surface area (Å²) < 4.78 is 2.25. The lowest BCUT2D eigenvalue weighted by Gasteiger charge is -2.25. The van der Waals surface area contributed by atoms with Crippen molar-refractivity contribution in [3.05, 3.63) is 33.7 Å². The lowest BCUT2D eigenvalue weighted by molar-refractivity contribution is -0.689. The summed E-state index contributed by atoms with van der Waals surface area (Å²) in [5.41, 5.74) is 4.54. The molecular formula is C20H33ClN4OS. The topological polar surface area (TPSA) is 53.1 Å². The van der Waals surface area contributed by atoms with Gasteiger partial charge in [0.15, 0.2) is 12.2 Å². The van der Waals surface area contributed by atoms with Crippen LogP contribution >= 0.6 is 11.3 Å². The zero-order valence-electron chi connectivity index (χ0n) is 17.0. The Labute approximate surface area is 173 Å². The highest BCUT2D eigenvalue weighted by Crippen LogP contribution is 2.20. The van der Waals surface area contributed by atoms with E-state index in [2.05, 4.69) is 40.7 Å². The minimum Gasteiger partial charge on any atom is -1.00 e. The molecular weight excluding hydrogens is 380 g/mol. The lowest BCUT2D eigenvalue weighted by Crippen LogP contribution is -3.00. The number of thiazole rings is 1. The Morgan fingerprint density at radius 1 is 1.15 bits per heavy atom. The molecule has 1 N–H and O–H groups in total. The van der Waals surface area contributed by atoms with Gasteiger partial charge in [0.25, 0.3) is 0 Å². The van der Waals surface area contributed by atoms with Gasteiger partial charge in [0.1, 0.15) is 11.6 Å². The summed E-state index contributed by atoms with van der Waals surface area (Å²) in [4.78, 5) is 13.0. The van der Waals surface area contributed by atoms with Crippen molar-refractivity contribution in [3.63, 3.8) is 0 Å². The maximum absolute atomic E-state index is 9.23. The number of aliphatic hydroxyl groups excluding tert-OH is 1. The molecule has 2 heterocycles. The van der Waals surface area contributed by atoms with Gasteiger partial charge in [-0.15, -0.1) is 0 Å². The van der Waals surface area contributed by atoms with Crippen LogP contribution in [0.15, 0.2) is 11.7 Å². The fraction of sp³-hybridized carbons (Fsp3) is 0.650. The predicted octanol–water partition coefficient (Wildman–Crippen LogP) is 0.436. The first-order valence-electron chi connectivity index (χ1n) is 9.75. The first-order valence-corrected chi connectivity index (χ1v) is 10.6. The molecule has 0 amide bonds. The molecule has 2 aromatic heterocycles. The molecule has 0 radical (unpaired) electrons. The first kappa shape index (κ1) is 23.8. The third kappa shape index (κ3) is 6.70. The van der Waals surface area contributed by atoms with E-state index < -0.39 is 0 Å². The molecule has 2 rings (SSSR count). The van der Waals surface area contributed by atoms with Gasteiger partial charge in [-0.05, 0) is 19.8 Å². The zero-order chi connectivity index (χ0) is 18.9. The van der Waals surface area contributed by atoms with Crippen molar-refractivity contribution in [1.29, 1.82) is 0 Å². The van der Waals surface area contributed by atoms with E-state index in [1.54, 1.807) is 11.3 Å². The van der Waals surface area contributed by atoms with Crippen LogP contribution in [0.3, 0.4) is 0 Å². The van der Waals surface area contributed by atoms with Crippen LogP contribution in [0.2, 0.25) is 0 Å². The summed E-state index contributed by atoms with van der Waals surface area (Å²) in [6.07, 6.45) is 7.43. The molecule has 152 valence electrons. The average molecular weight is 413 g/mol. The highest BCUT2D eigenvalue weighted by atomic mass is 35.5. The number of aromatic nitrogens is 3. The minimum absolute atomic E-state index is 0. The van der Waals surface area contributed by atoms with Gasteiger partial charge in [0.2, 0.25) is 5.51 Å². The van der Waals surface area contributed by atoms with Crippen molar-refractivity contribution >= 4 is 17.2 Å². The van der Waals surface area contributed by atoms with E-state index in [0.717, 1.165) is 37.7 Å². The van der Waals surface area contributed by atoms with Crippen LogP contribution in [0, 0.1) is 13.8 Å². The van der Waals surface area contributed by atoms with Gasteiger partial charge in [0, 0.05) is 39.2 Å². The molecule has 0 unspecified atom stereocenters. The van der Waals surface area contributed by atoms with Crippen LogP contribution in [0.5, 0.6) is 0 Å². The molecule has 0 fully saturated rings. The summed E-state index contributed by atoms with van der Waals surface area (Å²) in [6, 6.07) is 0. The zero-order valence-corrected chi connectivity index (χ0v) is 18.6. The number of aliphatic hydroxyl groups is 1.